The van der Waals surface area contributed by atoms with Crippen LogP contribution in [0.2, 0.25) is 0 Å². The lowest BCUT2D eigenvalue weighted by atomic mass is 10.1. The van der Waals surface area contributed by atoms with Crippen LogP contribution < -0.4 is 19.8 Å². The fraction of sp³-hybridized carbons (Fsp3) is 0.233. The van der Waals surface area contributed by atoms with Gasteiger partial charge in [-0.25, -0.2) is 18.1 Å². The van der Waals surface area contributed by atoms with E-state index in [1.165, 1.54) is 31.2 Å². The number of hydrogen-bond acceptors (Lipinski definition) is 7. The molecule has 1 fully saturated rings. The number of pyridine rings is 2. The van der Waals surface area contributed by atoms with E-state index in [2.05, 4.69) is 9.97 Å². The van der Waals surface area contributed by atoms with E-state index in [0.29, 0.717) is 24.0 Å². The average molecular weight is 560 g/mol. The predicted octanol–water partition coefficient (Wildman–Crippen LogP) is 5.06. The Balaban J connectivity index is 1.50. The van der Waals surface area contributed by atoms with Gasteiger partial charge in [-0.1, -0.05) is 17.7 Å². The first-order chi connectivity index (χ1) is 19.1. The minimum Gasteiger partial charge on any atom is -0.493 e. The van der Waals surface area contributed by atoms with Crippen molar-refractivity contribution in [3.8, 4) is 28.6 Å². The molecule has 4 aromatic rings. The van der Waals surface area contributed by atoms with Crippen molar-refractivity contribution in [1.29, 1.82) is 0 Å². The Morgan fingerprint density at radius 1 is 1.02 bits per heavy atom. The molecule has 1 aliphatic carbocycles. The highest BCUT2D eigenvalue weighted by molar-refractivity contribution is 7.90. The Hall–Kier alpha value is -4.44. The number of nitrogens with one attached hydrogen (secondary N) is 2. The highest BCUT2D eigenvalue weighted by atomic mass is 32.2. The highest BCUT2D eigenvalue weighted by Gasteiger charge is 2.26. The van der Waals surface area contributed by atoms with E-state index in [9.17, 15) is 18.0 Å². The molecule has 1 amide bonds. The molecule has 206 valence electrons. The molecule has 0 atom stereocenters. The zero-order chi connectivity index (χ0) is 28.4. The van der Waals surface area contributed by atoms with Crippen LogP contribution >= 0.6 is 0 Å². The number of aromatic nitrogens is 2. The van der Waals surface area contributed by atoms with Crippen molar-refractivity contribution in [2.24, 2.45) is 5.92 Å². The van der Waals surface area contributed by atoms with Gasteiger partial charge in [-0.3, -0.25) is 9.59 Å². The monoisotopic (exact) mass is 559 g/mol. The minimum atomic E-state index is -4.46. The van der Waals surface area contributed by atoms with Gasteiger partial charge in [-0.15, -0.1) is 0 Å². The van der Waals surface area contributed by atoms with E-state index in [1.54, 1.807) is 6.07 Å². The Kier molecular flexibility index (Phi) is 7.44. The number of carbonyl (C=O) groups excluding carboxylic acids is 1. The van der Waals surface area contributed by atoms with Crippen molar-refractivity contribution in [3.05, 3.63) is 99.5 Å². The third-order valence-corrected chi connectivity index (χ3v) is 7.89. The van der Waals surface area contributed by atoms with Crippen molar-refractivity contribution in [2.75, 3.05) is 6.61 Å². The summed E-state index contributed by atoms with van der Waals surface area (Å²) in [6, 6.07) is 16.9. The molecular formula is C30H29N3O6S. The normalized spacial score (nSPS) is 13.1. The van der Waals surface area contributed by atoms with Crippen LogP contribution in [-0.4, -0.2) is 30.9 Å². The second kappa shape index (κ2) is 11.0. The molecule has 9 nitrogen and oxygen atoms in total. The van der Waals surface area contributed by atoms with Crippen LogP contribution in [0.25, 0.3) is 11.3 Å². The van der Waals surface area contributed by atoms with Crippen molar-refractivity contribution in [1.82, 2.24) is 14.7 Å². The van der Waals surface area contributed by atoms with Crippen LogP contribution in [0, 0.1) is 26.7 Å². The van der Waals surface area contributed by atoms with Crippen molar-refractivity contribution >= 4 is 15.9 Å². The molecule has 2 aromatic heterocycles. The molecule has 0 radical (unpaired) electrons. The van der Waals surface area contributed by atoms with Crippen LogP contribution in [0.1, 0.15) is 39.9 Å². The largest absolute Gasteiger partial charge is 0.493 e. The zero-order valence-electron chi connectivity index (χ0n) is 22.4. The molecule has 2 N–H and O–H groups in total. The van der Waals surface area contributed by atoms with Crippen LogP contribution in [-0.2, 0) is 10.0 Å². The SMILES string of the molecule is Cc1cc(C)c(Oc2nc(-c3ccc(OCC4CC4)cc3)ccc2C(=O)NS(=O)(=O)c2ccc[nH]c2=O)c(C)c1. The quantitative estimate of drug-likeness (QED) is 0.293. The summed E-state index contributed by atoms with van der Waals surface area (Å²) in [6.45, 7) is 6.43. The molecule has 0 unspecified atom stereocenters. The highest BCUT2D eigenvalue weighted by Crippen LogP contribution is 2.33. The number of carbonyl (C=O) groups is 1. The maximum atomic E-state index is 13.3. The maximum Gasteiger partial charge on any atom is 0.270 e. The number of sulfonamides is 1. The van der Waals surface area contributed by atoms with Gasteiger partial charge in [0, 0.05) is 11.8 Å². The Morgan fingerprint density at radius 2 is 1.73 bits per heavy atom. The van der Waals surface area contributed by atoms with E-state index in [-0.39, 0.29) is 11.4 Å². The number of ether oxygens (including phenoxy) is 2. The van der Waals surface area contributed by atoms with Crippen molar-refractivity contribution in [3.63, 3.8) is 0 Å². The van der Waals surface area contributed by atoms with Crippen molar-refractivity contribution < 1.29 is 22.7 Å². The molecule has 0 aliphatic heterocycles. The molecule has 5 rings (SSSR count). The number of rotatable bonds is 9. The molecule has 2 heterocycles. The number of benzene rings is 2. The Morgan fingerprint density at radius 3 is 2.38 bits per heavy atom. The summed E-state index contributed by atoms with van der Waals surface area (Å²) in [5, 5.41) is 0. The van der Waals surface area contributed by atoms with Gasteiger partial charge in [0.2, 0.25) is 5.88 Å². The van der Waals surface area contributed by atoms with Crippen LogP contribution in [0.5, 0.6) is 17.4 Å². The van der Waals surface area contributed by atoms with Gasteiger partial charge in [0.05, 0.1) is 12.3 Å². The predicted molar refractivity (Wildman–Crippen MR) is 150 cm³/mol. The van der Waals surface area contributed by atoms with Crippen molar-refractivity contribution in [2.45, 2.75) is 38.5 Å². The van der Waals surface area contributed by atoms with E-state index in [1.807, 2.05) is 61.9 Å². The van der Waals surface area contributed by atoms with Crippen LogP contribution in [0.15, 0.2) is 76.6 Å². The van der Waals surface area contributed by atoms with E-state index < -0.39 is 26.4 Å². The average Bonchev–Trinajstić information content (AvgIpc) is 3.74. The Labute approximate surface area is 232 Å². The van der Waals surface area contributed by atoms with Gasteiger partial charge in [-0.05, 0) is 99.2 Å². The van der Waals surface area contributed by atoms with Gasteiger partial charge in [0.1, 0.15) is 17.1 Å². The first kappa shape index (κ1) is 27.1. The van der Waals surface area contributed by atoms with Crippen LogP contribution in [0.3, 0.4) is 0 Å². The molecule has 1 aliphatic rings. The second-order valence-corrected chi connectivity index (χ2v) is 11.6. The number of H-pyrrole nitrogens is 1. The maximum absolute atomic E-state index is 13.3. The van der Waals surface area contributed by atoms with Gasteiger partial charge in [0.15, 0.2) is 4.90 Å². The molecule has 1 saturated carbocycles. The number of amides is 1. The van der Waals surface area contributed by atoms with Gasteiger partial charge < -0.3 is 14.5 Å². The van der Waals surface area contributed by atoms with E-state index >= 15 is 0 Å². The molecule has 10 heteroatoms. The first-order valence-electron chi connectivity index (χ1n) is 12.9. The summed E-state index contributed by atoms with van der Waals surface area (Å²) in [7, 11) is -4.46. The zero-order valence-corrected chi connectivity index (χ0v) is 23.2. The van der Waals surface area contributed by atoms with Gasteiger partial charge in [0.25, 0.3) is 21.5 Å². The molecule has 2 aromatic carbocycles. The smallest absolute Gasteiger partial charge is 0.270 e. The molecule has 40 heavy (non-hydrogen) atoms. The lowest BCUT2D eigenvalue weighted by molar-refractivity contribution is 0.0978. The summed E-state index contributed by atoms with van der Waals surface area (Å²) in [5.41, 5.74) is 3.03. The number of aromatic amines is 1. The number of aryl methyl sites for hydroxylation is 3. The minimum absolute atomic E-state index is 0.0729. The summed E-state index contributed by atoms with van der Waals surface area (Å²) < 4.78 is 39.7. The molecular weight excluding hydrogens is 530 g/mol. The van der Waals surface area contributed by atoms with E-state index in [0.717, 1.165) is 34.1 Å². The van der Waals surface area contributed by atoms with E-state index in [4.69, 9.17) is 9.47 Å². The molecule has 0 spiro atoms. The fourth-order valence-electron chi connectivity index (χ4n) is 4.35. The number of hydrogen-bond donors (Lipinski definition) is 2. The van der Waals surface area contributed by atoms with Crippen LogP contribution in [0.4, 0.5) is 0 Å². The lowest BCUT2D eigenvalue weighted by Crippen LogP contribution is -2.34. The summed E-state index contributed by atoms with van der Waals surface area (Å²) >= 11 is 0. The van der Waals surface area contributed by atoms with Gasteiger partial charge >= 0.3 is 0 Å². The standard InChI is InChI=1S/C30H29N3O6S/c1-18-15-19(2)27(20(3)16-18)39-30-24(28(34)33-40(36,37)26-5-4-14-31-29(26)35)12-13-25(32-30)22-8-10-23(11-9-22)38-17-21-6-7-21/h4-5,8-16,21H,6-7,17H2,1-3H3,(H,31,35)(H,33,34). The first-order valence-corrected chi connectivity index (χ1v) is 14.3. The third kappa shape index (κ3) is 6.07. The number of nitrogens with zero attached hydrogens (tertiary/aromatic N) is 1. The summed E-state index contributed by atoms with van der Waals surface area (Å²) in [5.74, 6) is 0.850. The topological polar surface area (TPSA) is 127 Å². The fourth-order valence-corrected chi connectivity index (χ4v) is 5.37. The molecule has 0 saturated heterocycles. The summed E-state index contributed by atoms with van der Waals surface area (Å²) in [4.78, 5) is 31.7. The third-order valence-electron chi connectivity index (χ3n) is 6.54. The lowest BCUT2D eigenvalue weighted by Gasteiger charge is -2.16. The molecule has 0 bridgehead atoms. The Bertz CT molecular complexity index is 1720. The summed E-state index contributed by atoms with van der Waals surface area (Å²) in [6.07, 6.45) is 3.71. The van der Waals surface area contributed by atoms with Gasteiger partial charge in [-0.2, -0.15) is 0 Å². The second-order valence-electron chi connectivity index (χ2n) is 9.96.